The van der Waals surface area contributed by atoms with Gasteiger partial charge in [0, 0.05) is 5.69 Å². The summed E-state index contributed by atoms with van der Waals surface area (Å²) in [5.74, 6) is -1.20. The van der Waals surface area contributed by atoms with Gasteiger partial charge in [-0.2, -0.15) is 0 Å². The Labute approximate surface area is 197 Å². The molecule has 2 aromatic rings. The standard InChI is InChI=1S/C22H20IN3O6/c1-3-31-17-10-13(8-14-20(28)25-22(30)26-21(14)29)9-15(23)19(17)32-11-18(27)24-16-7-5-4-6-12(16)2/h4-10H,3,11H2,1-2H3,(H,24,27)(H2,25,26,28,29,30). The van der Waals surface area contributed by atoms with Crippen molar-refractivity contribution in [3.8, 4) is 11.5 Å². The quantitative estimate of drug-likeness (QED) is 0.278. The number of carbonyl (C=O) groups is 4. The molecular formula is C22H20IN3O6. The minimum Gasteiger partial charge on any atom is -0.490 e. The van der Waals surface area contributed by atoms with Crippen LogP contribution in [0.25, 0.3) is 6.08 Å². The molecule has 1 heterocycles. The molecule has 2 aromatic carbocycles. The zero-order chi connectivity index (χ0) is 23.3. The van der Waals surface area contributed by atoms with Crippen LogP contribution in [0.3, 0.4) is 0 Å². The zero-order valence-electron chi connectivity index (χ0n) is 17.3. The number of imide groups is 2. The summed E-state index contributed by atoms with van der Waals surface area (Å²) in [5, 5.41) is 6.84. The number of hydrogen-bond donors (Lipinski definition) is 3. The molecule has 0 radical (unpaired) electrons. The third kappa shape index (κ3) is 5.63. The van der Waals surface area contributed by atoms with E-state index in [4.69, 9.17) is 9.47 Å². The molecule has 1 saturated heterocycles. The van der Waals surface area contributed by atoms with Crippen LogP contribution in [0.1, 0.15) is 18.1 Å². The van der Waals surface area contributed by atoms with Crippen molar-refractivity contribution in [2.75, 3.05) is 18.5 Å². The molecule has 0 aromatic heterocycles. The number of aryl methyl sites for hydroxylation is 1. The number of hydrogen-bond acceptors (Lipinski definition) is 6. The van der Waals surface area contributed by atoms with Crippen molar-refractivity contribution in [1.29, 1.82) is 0 Å². The maximum absolute atomic E-state index is 12.3. The Balaban J connectivity index is 1.80. The molecular weight excluding hydrogens is 529 g/mol. The molecule has 0 atom stereocenters. The predicted molar refractivity (Wildman–Crippen MR) is 125 cm³/mol. The lowest BCUT2D eigenvalue weighted by molar-refractivity contribution is -0.124. The maximum atomic E-state index is 12.3. The van der Waals surface area contributed by atoms with Gasteiger partial charge in [-0.3, -0.25) is 25.0 Å². The smallest absolute Gasteiger partial charge is 0.328 e. The second-order valence-corrected chi connectivity index (χ2v) is 7.87. The molecule has 32 heavy (non-hydrogen) atoms. The summed E-state index contributed by atoms with van der Waals surface area (Å²) in [5.41, 5.74) is 1.91. The Kier molecular flexibility index (Phi) is 7.46. The number of amides is 5. The first-order valence-corrected chi connectivity index (χ1v) is 10.7. The number of benzene rings is 2. The lowest BCUT2D eigenvalue weighted by Gasteiger charge is -2.16. The number of nitrogens with one attached hydrogen (secondary N) is 3. The molecule has 0 saturated carbocycles. The fourth-order valence-corrected chi connectivity index (χ4v) is 3.67. The van der Waals surface area contributed by atoms with E-state index in [2.05, 4.69) is 5.32 Å². The third-order valence-electron chi connectivity index (χ3n) is 4.35. The summed E-state index contributed by atoms with van der Waals surface area (Å²) in [4.78, 5) is 47.5. The normalized spacial score (nSPS) is 13.2. The van der Waals surface area contributed by atoms with Crippen LogP contribution in [0.4, 0.5) is 10.5 Å². The number of ether oxygens (including phenoxy) is 2. The highest BCUT2D eigenvalue weighted by Crippen LogP contribution is 2.35. The Hall–Kier alpha value is -3.41. The number of anilines is 1. The van der Waals surface area contributed by atoms with Crippen LogP contribution in [0, 0.1) is 10.5 Å². The van der Waals surface area contributed by atoms with E-state index in [1.54, 1.807) is 25.1 Å². The summed E-state index contributed by atoms with van der Waals surface area (Å²) in [7, 11) is 0. The Morgan fingerprint density at radius 1 is 1.09 bits per heavy atom. The van der Waals surface area contributed by atoms with Gasteiger partial charge >= 0.3 is 6.03 Å². The molecule has 3 rings (SSSR count). The number of urea groups is 1. The van der Waals surface area contributed by atoms with Crippen molar-refractivity contribution in [3.05, 3.63) is 56.7 Å². The van der Waals surface area contributed by atoms with Gasteiger partial charge in [0.15, 0.2) is 18.1 Å². The summed E-state index contributed by atoms with van der Waals surface area (Å²) < 4.78 is 12.0. The fourth-order valence-electron chi connectivity index (χ4n) is 2.88. The number of halogens is 1. The van der Waals surface area contributed by atoms with Gasteiger partial charge in [-0.15, -0.1) is 0 Å². The average molecular weight is 549 g/mol. The molecule has 10 heteroatoms. The molecule has 0 spiro atoms. The highest BCUT2D eigenvalue weighted by atomic mass is 127. The van der Waals surface area contributed by atoms with Gasteiger partial charge in [-0.25, -0.2) is 4.79 Å². The minimum atomic E-state index is -0.866. The number of barbiturate groups is 1. The van der Waals surface area contributed by atoms with Crippen LogP contribution >= 0.6 is 22.6 Å². The highest BCUT2D eigenvalue weighted by Gasteiger charge is 2.28. The van der Waals surface area contributed by atoms with Gasteiger partial charge in [0.25, 0.3) is 17.7 Å². The lowest BCUT2D eigenvalue weighted by Crippen LogP contribution is -2.51. The van der Waals surface area contributed by atoms with Crippen LogP contribution in [0.2, 0.25) is 0 Å². The van der Waals surface area contributed by atoms with Crippen molar-refractivity contribution in [2.24, 2.45) is 0 Å². The Morgan fingerprint density at radius 3 is 2.44 bits per heavy atom. The van der Waals surface area contributed by atoms with Crippen molar-refractivity contribution < 1.29 is 28.7 Å². The van der Waals surface area contributed by atoms with Crippen LogP contribution in [0.5, 0.6) is 11.5 Å². The van der Waals surface area contributed by atoms with Gasteiger partial charge in [0.2, 0.25) is 0 Å². The van der Waals surface area contributed by atoms with E-state index in [9.17, 15) is 19.2 Å². The van der Waals surface area contributed by atoms with E-state index in [1.165, 1.54) is 6.08 Å². The molecule has 1 aliphatic heterocycles. The maximum Gasteiger partial charge on any atom is 0.328 e. The van der Waals surface area contributed by atoms with E-state index >= 15 is 0 Å². The first-order valence-electron chi connectivity index (χ1n) is 9.61. The van der Waals surface area contributed by atoms with E-state index in [0.717, 1.165) is 5.56 Å². The molecule has 5 amide bonds. The molecule has 0 bridgehead atoms. The van der Waals surface area contributed by atoms with E-state index in [1.807, 2.05) is 58.3 Å². The lowest BCUT2D eigenvalue weighted by atomic mass is 10.1. The fraction of sp³-hybridized carbons (Fsp3) is 0.182. The number of rotatable bonds is 7. The third-order valence-corrected chi connectivity index (χ3v) is 5.15. The minimum absolute atomic E-state index is 0.214. The molecule has 1 fully saturated rings. The topological polar surface area (TPSA) is 123 Å². The summed E-state index contributed by atoms with van der Waals surface area (Å²) in [6, 6.07) is 9.79. The Morgan fingerprint density at radius 2 is 1.78 bits per heavy atom. The first kappa shape index (κ1) is 23.3. The largest absolute Gasteiger partial charge is 0.490 e. The summed E-state index contributed by atoms with van der Waals surface area (Å²) in [6.07, 6.45) is 1.34. The van der Waals surface area contributed by atoms with E-state index in [0.29, 0.717) is 32.9 Å². The average Bonchev–Trinajstić information content (AvgIpc) is 2.72. The molecule has 166 valence electrons. The van der Waals surface area contributed by atoms with Crippen molar-refractivity contribution in [2.45, 2.75) is 13.8 Å². The van der Waals surface area contributed by atoms with E-state index < -0.39 is 17.8 Å². The van der Waals surface area contributed by atoms with E-state index in [-0.39, 0.29) is 18.1 Å². The summed E-state index contributed by atoms with van der Waals surface area (Å²) in [6.45, 7) is 3.78. The highest BCUT2D eigenvalue weighted by molar-refractivity contribution is 14.1. The first-order chi connectivity index (χ1) is 15.3. The zero-order valence-corrected chi connectivity index (χ0v) is 19.4. The SMILES string of the molecule is CCOc1cc(C=C2C(=O)NC(=O)NC2=O)cc(I)c1OCC(=O)Nc1ccccc1C. The molecule has 0 aliphatic carbocycles. The van der Waals surface area contributed by atoms with Gasteiger partial charge in [-0.05, 0) is 71.8 Å². The number of carbonyl (C=O) groups excluding carboxylic acids is 4. The van der Waals surface area contributed by atoms with Crippen LogP contribution in [-0.4, -0.2) is 37.0 Å². The van der Waals surface area contributed by atoms with Gasteiger partial charge in [-0.1, -0.05) is 18.2 Å². The van der Waals surface area contributed by atoms with Crippen molar-refractivity contribution in [3.63, 3.8) is 0 Å². The van der Waals surface area contributed by atoms with Crippen LogP contribution < -0.4 is 25.4 Å². The molecule has 0 unspecified atom stereocenters. The van der Waals surface area contributed by atoms with Crippen molar-refractivity contribution >= 4 is 58.1 Å². The second kappa shape index (κ2) is 10.3. The second-order valence-electron chi connectivity index (χ2n) is 6.71. The predicted octanol–water partition coefficient (Wildman–Crippen LogP) is 2.77. The van der Waals surface area contributed by atoms with Crippen LogP contribution in [0.15, 0.2) is 42.0 Å². The molecule has 3 N–H and O–H groups in total. The van der Waals surface area contributed by atoms with Gasteiger partial charge in [0.05, 0.1) is 10.2 Å². The number of para-hydroxylation sites is 1. The van der Waals surface area contributed by atoms with Crippen LogP contribution in [-0.2, 0) is 14.4 Å². The monoisotopic (exact) mass is 549 g/mol. The summed E-state index contributed by atoms with van der Waals surface area (Å²) >= 11 is 2.01. The molecule has 9 nitrogen and oxygen atoms in total. The Bertz CT molecular complexity index is 1110. The molecule has 1 aliphatic rings. The van der Waals surface area contributed by atoms with Gasteiger partial charge in [0.1, 0.15) is 5.57 Å². The van der Waals surface area contributed by atoms with Crippen molar-refractivity contribution in [1.82, 2.24) is 10.6 Å². The van der Waals surface area contributed by atoms with Gasteiger partial charge < -0.3 is 14.8 Å².